The van der Waals surface area contributed by atoms with E-state index in [0.717, 1.165) is 22.3 Å². The summed E-state index contributed by atoms with van der Waals surface area (Å²) in [7, 11) is 0. The Labute approximate surface area is 166 Å². The van der Waals surface area contributed by atoms with Crippen molar-refractivity contribution in [3.05, 3.63) is 59.7 Å². The first-order valence-electron chi connectivity index (χ1n) is 9.58. The Bertz CT molecular complexity index is 900. The Morgan fingerprint density at radius 3 is 2.21 bits per heavy atom. The topological polar surface area (TPSA) is 75.6 Å². The number of nitrogens with one attached hydrogen (secondary N) is 1. The molecule has 152 valence electrons. The first-order valence-corrected chi connectivity index (χ1v) is 9.58. The molecule has 1 fully saturated rings. The first kappa shape index (κ1) is 19.4. The van der Waals surface area contributed by atoms with Crippen molar-refractivity contribution in [3.8, 4) is 11.1 Å². The molecule has 29 heavy (non-hydrogen) atoms. The van der Waals surface area contributed by atoms with E-state index in [-0.39, 0.29) is 25.4 Å². The Morgan fingerprint density at radius 1 is 1.10 bits per heavy atom. The van der Waals surface area contributed by atoms with Crippen LogP contribution in [0.15, 0.2) is 48.5 Å². The standard InChI is InChI=1S/C22H21F2NO4/c23-22(24)10-9-13(11-22)19(20(26)27)25-21(28)29-12-18-16-7-3-1-5-14(16)15-6-2-4-8-17(15)18/h1-8,13,18-19H,9-12H2,(H,25,28)(H,26,27). The molecule has 2 aliphatic rings. The summed E-state index contributed by atoms with van der Waals surface area (Å²) in [5.41, 5.74) is 4.22. The maximum absolute atomic E-state index is 13.5. The number of carboxylic acid groups (broad SMARTS) is 1. The Morgan fingerprint density at radius 2 is 1.69 bits per heavy atom. The zero-order valence-electron chi connectivity index (χ0n) is 15.6. The molecule has 0 heterocycles. The number of benzene rings is 2. The summed E-state index contributed by atoms with van der Waals surface area (Å²) in [5.74, 6) is -5.20. The SMILES string of the molecule is O=C(NC(C(=O)O)C1CCC(F)(F)C1)OCC1c2ccccc2-c2ccccc21. The summed E-state index contributed by atoms with van der Waals surface area (Å²) in [6, 6.07) is 14.3. The van der Waals surface area contributed by atoms with Crippen molar-refractivity contribution < 1.29 is 28.2 Å². The largest absolute Gasteiger partial charge is 0.480 e. The van der Waals surface area contributed by atoms with Gasteiger partial charge in [0.25, 0.3) is 0 Å². The maximum Gasteiger partial charge on any atom is 0.407 e. The fourth-order valence-electron chi connectivity index (χ4n) is 4.42. The summed E-state index contributed by atoms with van der Waals surface area (Å²) in [4.78, 5) is 23.8. The van der Waals surface area contributed by atoms with Crippen LogP contribution in [0.3, 0.4) is 0 Å². The molecule has 2 aromatic carbocycles. The highest BCUT2D eigenvalue weighted by molar-refractivity contribution is 5.81. The van der Waals surface area contributed by atoms with Gasteiger partial charge in [-0.05, 0) is 34.6 Å². The van der Waals surface area contributed by atoms with Crippen molar-refractivity contribution in [2.75, 3.05) is 6.61 Å². The number of halogens is 2. The Kier molecular flexibility index (Phi) is 4.98. The fourth-order valence-corrected chi connectivity index (χ4v) is 4.42. The molecule has 2 aliphatic carbocycles. The monoisotopic (exact) mass is 401 g/mol. The predicted octanol–water partition coefficient (Wildman–Crippen LogP) is 4.41. The lowest BCUT2D eigenvalue weighted by molar-refractivity contribution is -0.141. The van der Waals surface area contributed by atoms with E-state index in [4.69, 9.17) is 4.74 Å². The molecule has 2 atom stereocenters. The first-order chi connectivity index (χ1) is 13.9. The summed E-state index contributed by atoms with van der Waals surface area (Å²) in [6.07, 6.45) is -1.77. The average Bonchev–Trinajstić information content (AvgIpc) is 3.21. The Hall–Kier alpha value is -2.96. The quantitative estimate of drug-likeness (QED) is 0.778. The zero-order chi connectivity index (χ0) is 20.6. The van der Waals surface area contributed by atoms with Crippen molar-refractivity contribution in [2.24, 2.45) is 5.92 Å². The number of fused-ring (bicyclic) bond motifs is 3. The summed E-state index contributed by atoms with van der Waals surface area (Å²) < 4.78 is 32.2. The lowest BCUT2D eigenvalue weighted by Crippen LogP contribution is -2.46. The molecule has 0 aliphatic heterocycles. The number of carbonyl (C=O) groups excluding carboxylic acids is 1. The summed E-state index contributed by atoms with van der Waals surface area (Å²) in [5, 5.41) is 11.7. The van der Waals surface area contributed by atoms with Crippen LogP contribution in [0, 0.1) is 5.92 Å². The lowest BCUT2D eigenvalue weighted by atomic mass is 9.98. The third-order valence-corrected chi connectivity index (χ3v) is 5.80. The van der Waals surface area contributed by atoms with E-state index < -0.39 is 36.4 Å². The normalized spacial score (nSPS) is 20.6. The number of amides is 1. The number of rotatable bonds is 5. The number of alkyl carbamates (subject to hydrolysis) is 1. The van der Waals surface area contributed by atoms with Gasteiger partial charge in [0.15, 0.2) is 0 Å². The van der Waals surface area contributed by atoms with Gasteiger partial charge in [-0.1, -0.05) is 48.5 Å². The third kappa shape index (κ3) is 3.81. The van der Waals surface area contributed by atoms with Gasteiger partial charge in [-0.25, -0.2) is 18.4 Å². The van der Waals surface area contributed by atoms with E-state index in [0.29, 0.717) is 0 Å². The molecule has 0 radical (unpaired) electrons. The molecule has 1 amide bonds. The van der Waals surface area contributed by atoms with Crippen LogP contribution in [0.2, 0.25) is 0 Å². The van der Waals surface area contributed by atoms with E-state index in [2.05, 4.69) is 5.32 Å². The fraction of sp³-hybridized carbons (Fsp3) is 0.364. The number of aliphatic carboxylic acids is 1. The van der Waals surface area contributed by atoms with Gasteiger partial charge < -0.3 is 15.2 Å². The molecular formula is C22H21F2NO4. The number of carbonyl (C=O) groups is 2. The highest BCUT2D eigenvalue weighted by Crippen LogP contribution is 2.44. The number of hydrogen-bond acceptors (Lipinski definition) is 3. The van der Waals surface area contributed by atoms with Crippen LogP contribution in [-0.4, -0.2) is 35.7 Å². The molecule has 1 saturated carbocycles. The van der Waals surface area contributed by atoms with E-state index in [1.807, 2.05) is 48.5 Å². The molecule has 5 nitrogen and oxygen atoms in total. The molecule has 2 N–H and O–H groups in total. The maximum atomic E-state index is 13.5. The number of ether oxygens (including phenoxy) is 1. The number of alkyl halides is 2. The van der Waals surface area contributed by atoms with Gasteiger partial charge in [-0.3, -0.25) is 0 Å². The molecule has 0 spiro atoms. The smallest absolute Gasteiger partial charge is 0.407 e. The third-order valence-electron chi connectivity index (χ3n) is 5.80. The minimum absolute atomic E-state index is 0.0347. The summed E-state index contributed by atoms with van der Waals surface area (Å²) >= 11 is 0. The van der Waals surface area contributed by atoms with Crippen LogP contribution in [0.1, 0.15) is 36.3 Å². The molecule has 0 aromatic heterocycles. The summed E-state index contributed by atoms with van der Waals surface area (Å²) in [6.45, 7) is 0.0347. The van der Waals surface area contributed by atoms with E-state index >= 15 is 0 Å². The molecule has 4 rings (SSSR count). The van der Waals surface area contributed by atoms with Gasteiger partial charge in [0.1, 0.15) is 12.6 Å². The molecular weight excluding hydrogens is 380 g/mol. The molecule has 2 unspecified atom stereocenters. The van der Waals surface area contributed by atoms with Crippen LogP contribution in [0.5, 0.6) is 0 Å². The van der Waals surface area contributed by atoms with E-state index in [9.17, 15) is 23.5 Å². The second kappa shape index (κ2) is 7.46. The zero-order valence-corrected chi connectivity index (χ0v) is 15.6. The van der Waals surface area contributed by atoms with Gasteiger partial charge in [0.2, 0.25) is 5.92 Å². The van der Waals surface area contributed by atoms with Gasteiger partial charge >= 0.3 is 12.1 Å². The van der Waals surface area contributed by atoms with Gasteiger partial charge in [-0.2, -0.15) is 0 Å². The number of carboxylic acids is 1. The minimum atomic E-state index is -2.89. The highest BCUT2D eigenvalue weighted by atomic mass is 19.3. The molecule has 0 saturated heterocycles. The van der Waals surface area contributed by atoms with E-state index in [1.54, 1.807) is 0 Å². The molecule has 7 heteroatoms. The van der Waals surface area contributed by atoms with Crippen LogP contribution < -0.4 is 5.32 Å². The van der Waals surface area contributed by atoms with Gasteiger partial charge in [0, 0.05) is 18.8 Å². The van der Waals surface area contributed by atoms with Gasteiger partial charge in [-0.15, -0.1) is 0 Å². The highest BCUT2D eigenvalue weighted by Gasteiger charge is 2.45. The minimum Gasteiger partial charge on any atom is -0.480 e. The van der Waals surface area contributed by atoms with E-state index in [1.165, 1.54) is 0 Å². The van der Waals surface area contributed by atoms with Gasteiger partial charge in [0.05, 0.1) is 0 Å². The van der Waals surface area contributed by atoms with Crippen molar-refractivity contribution in [2.45, 2.75) is 37.1 Å². The molecule has 2 aromatic rings. The number of hydrogen-bond donors (Lipinski definition) is 2. The second-order valence-corrected chi connectivity index (χ2v) is 7.64. The second-order valence-electron chi connectivity index (χ2n) is 7.64. The van der Waals surface area contributed by atoms with Crippen molar-refractivity contribution in [1.82, 2.24) is 5.32 Å². The lowest BCUT2D eigenvalue weighted by Gasteiger charge is -2.21. The van der Waals surface area contributed by atoms with Crippen molar-refractivity contribution >= 4 is 12.1 Å². The average molecular weight is 401 g/mol. The van der Waals surface area contributed by atoms with Crippen LogP contribution >= 0.6 is 0 Å². The Balaban J connectivity index is 1.44. The molecule has 0 bridgehead atoms. The van der Waals surface area contributed by atoms with Crippen LogP contribution in [-0.2, 0) is 9.53 Å². The predicted molar refractivity (Wildman–Crippen MR) is 102 cm³/mol. The van der Waals surface area contributed by atoms with Crippen molar-refractivity contribution in [3.63, 3.8) is 0 Å². The van der Waals surface area contributed by atoms with Crippen LogP contribution in [0.4, 0.5) is 13.6 Å². The van der Waals surface area contributed by atoms with Crippen molar-refractivity contribution in [1.29, 1.82) is 0 Å². The van der Waals surface area contributed by atoms with Crippen LogP contribution in [0.25, 0.3) is 11.1 Å².